The molecule has 0 aliphatic heterocycles. The van der Waals surface area contributed by atoms with Crippen LogP contribution in [0.3, 0.4) is 0 Å². The molecule has 3 aromatic rings. The summed E-state index contributed by atoms with van der Waals surface area (Å²) in [6.45, 7) is -0.00990. The van der Waals surface area contributed by atoms with Crippen molar-refractivity contribution in [3.05, 3.63) is 106 Å². The van der Waals surface area contributed by atoms with Gasteiger partial charge in [-0.25, -0.2) is 4.39 Å². The molecule has 4 nitrogen and oxygen atoms in total. The standard InChI is InChI=1S/C25H24ClFN2O2/c1-28-25(31)23(15-18-7-3-2-4-8-18)29(17-20-9-5-6-10-22(20)27)24(30)16-19-11-13-21(26)14-12-19/h2-14,23H,15-17H2,1H3,(H,28,31). The molecule has 6 heteroatoms. The monoisotopic (exact) mass is 438 g/mol. The first-order valence-corrected chi connectivity index (χ1v) is 10.4. The molecule has 0 aromatic heterocycles. The minimum absolute atomic E-state index is 0.00990. The van der Waals surface area contributed by atoms with Crippen molar-refractivity contribution in [3.8, 4) is 0 Å². The Kier molecular flexibility index (Phi) is 7.79. The third-order valence-corrected chi connectivity index (χ3v) is 5.34. The van der Waals surface area contributed by atoms with Gasteiger partial charge in [-0.05, 0) is 29.3 Å². The summed E-state index contributed by atoms with van der Waals surface area (Å²) in [4.78, 5) is 27.6. The van der Waals surface area contributed by atoms with Gasteiger partial charge < -0.3 is 10.2 Å². The second-order valence-corrected chi connectivity index (χ2v) is 7.67. The van der Waals surface area contributed by atoms with E-state index in [9.17, 15) is 14.0 Å². The Morgan fingerprint density at radius 1 is 0.935 bits per heavy atom. The van der Waals surface area contributed by atoms with Crippen LogP contribution in [-0.2, 0) is 29.0 Å². The van der Waals surface area contributed by atoms with Crippen molar-refractivity contribution in [1.29, 1.82) is 0 Å². The molecule has 0 aliphatic carbocycles. The van der Waals surface area contributed by atoms with E-state index >= 15 is 0 Å². The fraction of sp³-hybridized carbons (Fsp3) is 0.200. The van der Waals surface area contributed by atoms with Crippen LogP contribution < -0.4 is 5.32 Å². The van der Waals surface area contributed by atoms with Crippen molar-refractivity contribution >= 4 is 23.4 Å². The fourth-order valence-electron chi connectivity index (χ4n) is 3.41. The Labute approximate surface area is 186 Å². The number of hydrogen-bond donors (Lipinski definition) is 1. The summed E-state index contributed by atoms with van der Waals surface area (Å²) < 4.78 is 14.4. The average molecular weight is 439 g/mol. The summed E-state index contributed by atoms with van der Waals surface area (Å²) in [7, 11) is 1.53. The summed E-state index contributed by atoms with van der Waals surface area (Å²) in [5, 5.41) is 3.22. The minimum atomic E-state index is -0.785. The number of benzene rings is 3. The van der Waals surface area contributed by atoms with E-state index in [0.29, 0.717) is 17.0 Å². The molecule has 1 unspecified atom stereocenters. The van der Waals surface area contributed by atoms with Gasteiger partial charge in [0.25, 0.3) is 0 Å². The maximum atomic E-state index is 14.4. The van der Waals surface area contributed by atoms with E-state index in [1.807, 2.05) is 30.3 Å². The van der Waals surface area contributed by atoms with Gasteiger partial charge >= 0.3 is 0 Å². The number of carbonyl (C=O) groups is 2. The zero-order valence-corrected chi connectivity index (χ0v) is 18.0. The molecule has 1 atom stereocenters. The van der Waals surface area contributed by atoms with Crippen LogP contribution in [0.4, 0.5) is 4.39 Å². The Bertz CT molecular complexity index is 1030. The van der Waals surface area contributed by atoms with Crippen LogP contribution in [0.2, 0.25) is 5.02 Å². The number of nitrogens with zero attached hydrogens (tertiary/aromatic N) is 1. The van der Waals surface area contributed by atoms with Gasteiger partial charge in [0.05, 0.1) is 6.42 Å². The molecule has 0 aliphatic rings. The molecule has 0 bridgehead atoms. The Morgan fingerprint density at radius 2 is 1.58 bits per heavy atom. The van der Waals surface area contributed by atoms with Gasteiger partial charge in [-0.3, -0.25) is 9.59 Å². The number of carbonyl (C=O) groups excluding carboxylic acids is 2. The van der Waals surface area contributed by atoms with Crippen LogP contribution in [0.5, 0.6) is 0 Å². The lowest BCUT2D eigenvalue weighted by Gasteiger charge is -2.31. The van der Waals surface area contributed by atoms with Crippen LogP contribution in [0.15, 0.2) is 78.9 Å². The van der Waals surface area contributed by atoms with Gasteiger partial charge in [-0.1, -0.05) is 72.3 Å². The maximum absolute atomic E-state index is 14.4. The van der Waals surface area contributed by atoms with Crippen molar-refractivity contribution in [2.75, 3.05) is 7.05 Å². The van der Waals surface area contributed by atoms with Gasteiger partial charge in [0, 0.05) is 30.6 Å². The van der Waals surface area contributed by atoms with Crippen molar-refractivity contribution < 1.29 is 14.0 Å². The average Bonchev–Trinajstić information content (AvgIpc) is 2.79. The molecule has 0 saturated heterocycles. The summed E-state index contributed by atoms with van der Waals surface area (Å²) in [6.07, 6.45) is 0.398. The van der Waals surface area contributed by atoms with E-state index in [2.05, 4.69) is 5.32 Å². The smallest absolute Gasteiger partial charge is 0.242 e. The van der Waals surface area contributed by atoms with Crippen molar-refractivity contribution in [2.45, 2.75) is 25.4 Å². The second kappa shape index (κ2) is 10.7. The van der Waals surface area contributed by atoms with E-state index in [1.165, 1.54) is 18.0 Å². The SMILES string of the molecule is CNC(=O)C(Cc1ccccc1)N(Cc1ccccc1F)C(=O)Cc1ccc(Cl)cc1. The molecular weight excluding hydrogens is 415 g/mol. The first kappa shape index (κ1) is 22.5. The summed E-state index contributed by atoms with van der Waals surface area (Å²) in [5.74, 6) is -0.984. The highest BCUT2D eigenvalue weighted by atomic mass is 35.5. The van der Waals surface area contributed by atoms with Gasteiger partial charge in [0.1, 0.15) is 11.9 Å². The quantitative estimate of drug-likeness (QED) is 0.566. The fourth-order valence-corrected chi connectivity index (χ4v) is 3.54. The molecular formula is C25H24ClFN2O2. The van der Waals surface area contributed by atoms with E-state index in [0.717, 1.165) is 11.1 Å². The maximum Gasteiger partial charge on any atom is 0.242 e. The summed E-state index contributed by atoms with van der Waals surface area (Å²) in [6, 6.07) is 21.9. The number of rotatable bonds is 8. The summed E-state index contributed by atoms with van der Waals surface area (Å²) >= 11 is 5.95. The van der Waals surface area contributed by atoms with Crippen LogP contribution in [0.25, 0.3) is 0 Å². The zero-order valence-electron chi connectivity index (χ0n) is 17.2. The van der Waals surface area contributed by atoms with Crippen molar-refractivity contribution in [3.63, 3.8) is 0 Å². The van der Waals surface area contributed by atoms with Crippen LogP contribution in [0.1, 0.15) is 16.7 Å². The lowest BCUT2D eigenvalue weighted by atomic mass is 10.0. The van der Waals surface area contributed by atoms with Gasteiger partial charge in [-0.2, -0.15) is 0 Å². The van der Waals surface area contributed by atoms with Gasteiger partial charge in [0.2, 0.25) is 11.8 Å². The van der Waals surface area contributed by atoms with Crippen LogP contribution in [-0.4, -0.2) is 29.8 Å². The van der Waals surface area contributed by atoms with Crippen molar-refractivity contribution in [1.82, 2.24) is 10.2 Å². The molecule has 2 amide bonds. The van der Waals surface area contributed by atoms with E-state index < -0.39 is 11.9 Å². The van der Waals surface area contributed by atoms with E-state index in [-0.39, 0.29) is 24.8 Å². The Morgan fingerprint density at radius 3 is 2.23 bits per heavy atom. The molecule has 3 aromatic carbocycles. The molecule has 1 N–H and O–H groups in total. The first-order valence-electron chi connectivity index (χ1n) is 10.0. The summed E-state index contributed by atoms with van der Waals surface area (Å²) in [5.41, 5.74) is 2.03. The predicted octanol–water partition coefficient (Wildman–Crippen LogP) is 4.41. The van der Waals surface area contributed by atoms with Crippen molar-refractivity contribution in [2.24, 2.45) is 0 Å². The highest BCUT2D eigenvalue weighted by Gasteiger charge is 2.30. The number of likely N-dealkylation sites (N-methyl/N-ethyl adjacent to an activating group) is 1. The molecule has 0 spiro atoms. The zero-order chi connectivity index (χ0) is 22.2. The highest BCUT2D eigenvalue weighted by molar-refractivity contribution is 6.30. The molecule has 0 fully saturated rings. The van der Waals surface area contributed by atoms with Gasteiger partial charge in [0.15, 0.2) is 0 Å². The first-order chi connectivity index (χ1) is 15.0. The number of halogens is 2. The number of amides is 2. The molecule has 0 radical (unpaired) electrons. The third-order valence-electron chi connectivity index (χ3n) is 5.08. The third kappa shape index (κ3) is 6.15. The highest BCUT2D eigenvalue weighted by Crippen LogP contribution is 2.18. The second-order valence-electron chi connectivity index (χ2n) is 7.24. The van der Waals surface area contributed by atoms with E-state index in [4.69, 9.17) is 11.6 Å². The molecule has 0 saturated carbocycles. The molecule has 31 heavy (non-hydrogen) atoms. The van der Waals surface area contributed by atoms with Crippen LogP contribution in [0, 0.1) is 5.82 Å². The largest absolute Gasteiger partial charge is 0.357 e. The predicted molar refractivity (Wildman–Crippen MR) is 120 cm³/mol. The Balaban J connectivity index is 1.94. The molecule has 0 heterocycles. The topological polar surface area (TPSA) is 49.4 Å². The normalized spacial score (nSPS) is 11.6. The lowest BCUT2D eigenvalue weighted by Crippen LogP contribution is -2.50. The van der Waals surface area contributed by atoms with Crippen LogP contribution >= 0.6 is 11.6 Å². The number of hydrogen-bond acceptors (Lipinski definition) is 2. The van der Waals surface area contributed by atoms with Gasteiger partial charge in [-0.15, -0.1) is 0 Å². The Hall–Kier alpha value is -3.18. The lowest BCUT2D eigenvalue weighted by molar-refractivity contribution is -0.140. The number of nitrogens with one attached hydrogen (secondary N) is 1. The molecule has 3 rings (SSSR count). The molecule has 160 valence electrons. The van der Waals surface area contributed by atoms with E-state index in [1.54, 1.807) is 42.5 Å². The minimum Gasteiger partial charge on any atom is -0.357 e.